The molecule has 1 heterocycles. The minimum atomic E-state index is -1.03. The predicted molar refractivity (Wildman–Crippen MR) is 57.1 cm³/mol. The molecule has 1 amide bonds. The predicted octanol–water partition coefficient (Wildman–Crippen LogP) is 1.46. The largest absolute Gasteiger partial charge is 0.481 e. The fraction of sp³-hybridized carbons (Fsp3) is 0.444. The number of anilines is 1. The lowest BCUT2D eigenvalue weighted by atomic mass is 9.90. The third-order valence-corrected chi connectivity index (χ3v) is 2.72. The Morgan fingerprint density at radius 2 is 2.13 bits per heavy atom. The van der Waals surface area contributed by atoms with Gasteiger partial charge in [-0.15, -0.1) is 11.3 Å². The molecule has 15 heavy (non-hydrogen) atoms. The van der Waals surface area contributed by atoms with E-state index in [2.05, 4.69) is 10.3 Å². The van der Waals surface area contributed by atoms with Crippen LogP contribution in [0.25, 0.3) is 0 Å². The maximum Gasteiger partial charge on any atom is 0.315 e. The summed E-state index contributed by atoms with van der Waals surface area (Å²) in [4.78, 5) is 25.7. The van der Waals surface area contributed by atoms with Crippen LogP contribution in [0.5, 0.6) is 0 Å². The molecule has 0 radical (unpaired) electrons. The Bertz CT molecular complexity index is 398. The second-order valence-corrected chi connectivity index (χ2v) is 4.51. The van der Waals surface area contributed by atoms with Gasteiger partial charge in [-0.1, -0.05) is 0 Å². The molecule has 0 fully saturated rings. The van der Waals surface area contributed by atoms with Gasteiger partial charge in [0.2, 0.25) is 5.91 Å². The maximum atomic E-state index is 10.9. The summed E-state index contributed by atoms with van der Waals surface area (Å²) in [6.45, 7) is 4.52. The molecule has 6 heteroatoms. The van der Waals surface area contributed by atoms with Gasteiger partial charge < -0.3 is 10.4 Å². The van der Waals surface area contributed by atoms with Crippen LogP contribution in [0, 0.1) is 0 Å². The van der Waals surface area contributed by atoms with E-state index in [9.17, 15) is 9.59 Å². The fourth-order valence-corrected chi connectivity index (χ4v) is 1.80. The highest BCUT2D eigenvalue weighted by atomic mass is 32.1. The Morgan fingerprint density at radius 1 is 1.53 bits per heavy atom. The van der Waals surface area contributed by atoms with Crippen molar-refractivity contribution >= 4 is 28.3 Å². The number of amides is 1. The monoisotopic (exact) mass is 228 g/mol. The lowest BCUT2D eigenvalue weighted by Gasteiger charge is -2.15. The molecule has 1 aromatic heterocycles. The molecular weight excluding hydrogens is 216 g/mol. The molecule has 2 N–H and O–H groups in total. The van der Waals surface area contributed by atoms with E-state index in [0.717, 1.165) is 0 Å². The van der Waals surface area contributed by atoms with Crippen molar-refractivity contribution in [1.82, 2.24) is 4.98 Å². The molecule has 5 nitrogen and oxygen atoms in total. The Hall–Kier alpha value is -1.43. The standard InChI is InChI=1S/C9H12N2O3S/c1-5(12)10-8-11-6(4-15-8)9(2,3)7(13)14/h4H,1-3H3,(H,13,14)(H,10,11,12). The van der Waals surface area contributed by atoms with Crippen molar-refractivity contribution in [3.63, 3.8) is 0 Å². The third kappa shape index (κ3) is 2.53. The summed E-state index contributed by atoms with van der Waals surface area (Å²) in [5.74, 6) is -1.16. The van der Waals surface area contributed by atoms with Crippen molar-refractivity contribution in [3.8, 4) is 0 Å². The normalized spacial score (nSPS) is 11.1. The van der Waals surface area contributed by atoms with Gasteiger partial charge in [0.15, 0.2) is 5.13 Å². The van der Waals surface area contributed by atoms with Crippen molar-refractivity contribution in [2.75, 3.05) is 5.32 Å². The van der Waals surface area contributed by atoms with Gasteiger partial charge in [-0.25, -0.2) is 4.98 Å². The van der Waals surface area contributed by atoms with Crippen LogP contribution >= 0.6 is 11.3 Å². The third-order valence-electron chi connectivity index (χ3n) is 1.96. The van der Waals surface area contributed by atoms with Crippen molar-refractivity contribution in [2.24, 2.45) is 0 Å². The van der Waals surface area contributed by atoms with E-state index in [1.165, 1.54) is 18.3 Å². The molecule has 0 aliphatic heterocycles. The van der Waals surface area contributed by atoms with E-state index in [1.54, 1.807) is 19.2 Å². The van der Waals surface area contributed by atoms with Gasteiger partial charge >= 0.3 is 5.97 Å². The van der Waals surface area contributed by atoms with E-state index in [0.29, 0.717) is 10.8 Å². The Labute approximate surface area is 91.1 Å². The first kappa shape index (κ1) is 11.6. The number of hydrogen-bond donors (Lipinski definition) is 2. The zero-order valence-corrected chi connectivity index (χ0v) is 9.51. The molecule has 0 bridgehead atoms. The SMILES string of the molecule is CC(=O)Nc1nc(C(C)(C)C(=O)O)cs1. The van der Waals surface area contributed by atoms with Gasteiger partial charge in [0.05, 0.1) is 5.69 Å². The van der Waals surface area contributed by atoms with Crippen LogP contribution in [0.3, 0.4) is 0 Å². The van der Waals surface area contributed by atoms with Crippen LogP contribution in [0.15, 0.2) is 5.38 Å². The summed E-state index contributed by atoms with van der Waals surface area (Å²) in [6.07, 6.45) is 0. The van der Waals surface area contributed by atoms with Gasteiger partial charge in [-0.3, -0.25) is 9.59 Å². The number of rotatable bonds is 3. The highest BCUT2D eigenvalue weighted by Gasteiger charge is 2.32. The second-order valence-electron chi connectivity index (χ2n) is 3.65. The molecule has 82 valence electrons. The molecule has 0 aliphatic rings. The lowest BCUT2D eigenvalue weighted by molar-refractivity contribution is -0.142. The van der Waals surface area contributed by atoms with Gasteiger partial charge in [-0.05, 0) is 13.8 Å². The fourth-order valence-electron chi connectivity index (χ4n) is 0.878. The van der Waals surface area contributed by atoms with E-state index in [1.807, 2.05) is 0 Å². The van der Waals surface area contributed by atoms with Crippen molar-refractivity contribution in [3.05, 3.63) is 11.1 Å². The molecule has 0 unspecified atom stereocenters. The maximum absolute atomic E-state index is 10.9. The molecule has 0 aliphatic carbocycles. The number of carbonyl (C=O) groups is 2. The number of aliphatic carboxylic acids is 1. The first-order chi connectivity index (χ1) is 6.84. The van der Waals surface area contributed by atoms with Crippen LogP contribution in [-0.4, -0.2) is 22.0 Å². The Balaban J connectivity index is 2.93. The minimum absolute atomic E-state index is 0.218. The highest BCUT2D eigenvalue weighted by Crippen LogP contribution is 2.27. The van der Waals surface area contributed by atoms with Crippen molar-refractivity contribution < 1.29 is 14.7 Å². The van der Waals surface area contributed by atoms with Crippen LogP contribution in [0.1, 0.15) is 26.5 Å². The lowest BCUT2D eigenvalue weighted by Crippen LogP contribution is -2.28. The summed E-state index contributed by atoms with van der Waals surface area (Å²) >= 11 is 1.22. The number of nitrogens with one attached hydrogen (secondary N) is 1. The summed E-state index contributed by atoms with van der Waals surface area (Å²) < 4.78 is 0. The summed E-state index contributed by atoms with van der Waals surface area (Å²) in [6, 6.07) is 0. The van der Waals surface area contributed by atoms with Gasteiger partial charge in [0, 0.05) is 12.3 Å². The smallest absolute Gasteiger partial charge is 0.315 e. The van der Waals surface area contributed by atoms with Gasteiger partial charge in [0.1, 0.15) is 5.41 Å². The average Bonchev–Trinajstić information content (AvgIpc) is 2.51. The Morgan fingerprint density at radius 3 is 2.60 bits per heavy atom. The summed E-state index contributed by atoms with van der Waals surface area (Å²) in [5.41, 5.74) is -0.587. The van der Waals surface area contributed by atoms with Crippen LogP contribution in [0.4, 0.5) is 5.13 Å². The van der Waals surface area contributed by atoms with Crippen LogP contribution < -0.4 is 5.32 Å². The highest BCUT2D eigenvalue weighted by molar-refractivity contribution is 7.14. The molecule has 0 aromatic carbocycles. The summed E-state index contributed by atoms with van der Waals surface area (Å²) in [7, 11) is 0. The zero-order chi connectivity index (χ0) is 11.6. The number of aromatic nitrogens is 1. The van der Waals surface area contributed by atoms with Crippen LogP contribution in [0.2, 0.25) is 0 Å². The summed E-state index contributed by atoms with van der Waals surface area (Å²) in [5, 5.41) is 13.5. The van der Waals surface area contributed by atoms with Gasteiger partial charge in [-0.2, -0.15) is 0 Å². The first-order valence-corrected chi connectivity index (χ1v) is 5.19. The molecule has 0 saturated carbocycles. The number of nitrogens with zero attached hydrogens (tertiary/aromatic N) is 1. The topological polar surface area (TPSA) is 79.3 Å². The van der Waals surface area contributed by atoms with E-state index in [4.69, 9.17) is 5.11 Å². The number of carbonyl (C=O) groups excluding carboxylic acids is 1. The van der Waals surface area contributed by atoms with E-state index in [-0.39, 0.29) is 5.91 Å². The quantitative estimate of drug-likeness (QED) is 0.821. The number of carboxylic acids is 1. The van der Waals surface area contributed by atoms with Crippen molar-refractivity contribution in [1.29, 1.82) is 0 Å². The molecule has 0 saturated heterocycles. The molecule has 1 rings (SSSR count). The van der Waals surface area contributed by atoms with Crippen molar-refractivity contribution in [2.45, 2.75) is 26.2 Å². The number of hydrogen-bond acceptors (Lipinski definition) is 4. The van der Waals surface area contributed by atoms with E-state index >= 15 is 0 Å². The van der Waals surface area contributed by atoms with E-state index < -0.39 is 11.4 Å². The number of thiazole rings is 1. The van der Waals surface area contributed by atoms with Gasteiger partial charge in [0.25, 0.3) is 0 Å². The first-order valence-electron chi connectivity index (χ1n) is 4.31. The Kier molecular flexibility index (Phi) is 3.09. The molecule has 0 atom stereocenters. The second kappa shape index (κ2) is 3.98. The molecule has 0 spiro atoms. The molecule has 1 aromatic rings. The number of carboxylic acid groups (broad SMARTS) is 1. The minimum Gasteiger partial charge on any atom is -0.481 e. The molecular formula is C9H12N2O3S. The zero-order valence-electron chi connectivity index (χ0n) is 8.70. The van der Waals surface area contributed by atoms with Crippen LogP contribution in [-0.2, 0) is 15.0 Å². The average molecular weight is 228 g/mol.